The third-order valence-electron chi connectivity index (χ3n) is 1.89. The van der Waals surface area contributed by atoms with Crippen molar-refractivity contribution < 1.29 is 0 Å². The lowest BCUT2D eigenvalue weighted by Crippen LogP contribution is -2.15. The quantitative estimate of drug-likeness (QED) is 0.816. The SMILES string of the molecule is Cc1cc(C)c(C#N)c(NCCN)n1.Cl. The van der Waals surface area contributed by atoms with Gasteiger partial charge in [0, 0.05) is 18.8 Å². The molecule has 0 saturated heterocycles. The van der Waals surface area contributed by atoms with E-state index >= 15 is 0 Å². The summed E-state index contributed by atoms with van der Waals surface area (Å²) in [5.74, 6) is 0.635. The van der Waals surface area contributed by atoms with Gasteiger partial charge in [-0.2, -0.15) is 5.26 Å². The average Bonchev–Trinajstić information content (AvgIpc) is 2.14. The van der Waals surface area contributed by atoms with Crippen LogP contribution in [-0.4, -0.2) is 18.1 Å². The van der Waals surface area contributed by atoms with Crippen LogP contribution in [0.4, 0.5) is 5.82 Å². The molecule has 4 nitrogen and oxygen atoms in total. The molecule has 1 aromatic heterocycles. The molecule has 82 valence electrons. The summed E-state index contributed by atoms with van der Waals surface area (Å²) in [7, 11) is 0. The molecule has 3 N–H and O–H groups in total. The van der Waals surface area contributed by atoms with Crippen LogP contribution >= 0.6 is 12.4 Å². The highest BCUT2D eigenvalue weighted by Crippen LogP contribution is 2.16. The van der Waals surface area contributed by atoms with E-state index in [0.29, 0.717) is 24.5 Å². The van der Waals surface area contributed by atoms with Crippen molar-refractivity contribution in [2.24, 2.45) is 5.73 Å². The third-order valence-corrected chi connectivity index (χ3v) is 1.89. The maximum atomic E-state index is 8.93. The number of pyridine rings is 1. The average molecular weight is 227 g/mol. The minimum atomic E-state index is 0. The Kier molecular flexibility index (Phi) is 5.68. The molecule has 0 bridgehead atoms. The minimum Gasteiger partial charge on any atom is -0.368 e. The molecule has 0 aromatic carbocycles. The number of halogens is 1. The Morgan fingerprint density at radius 2 is 2.20 bits per heavy atom. The number of nitrogens with zero attached hydrogens (tertiary/aromatic N) is 2. The molecule has 1 rings (SSSR count). The van der Waals surface area contributed by atoms with Crippen LogP contribution in [-0.2, 0) is 0 Å². The number of aromatic nitrogens is 1. The zero-order chi connectivity index (χ0) is 10.6. The van der Waals surface area contributed by atoms with Crippen LogP contribution in [0.25, 0.3) is 0 Å². The Labute approximate surface area is 95.9 Å². The Morgan fingerprint density at radius 1 is 1.53 bits per heavy atom. The van der Waals surface area contributed by atoms with E-state index < -0.39 is 0 Å². The van der Waals surface area contributed by atoms with E-state index in [2.05, 4.69) is 16.4 Å². The van der Waals surface area contributed by atoms with E-state index in [1.807, 2.05) is 19.9 Å². The summed E-state index contributed by atoms with van der Waals surface area (Å²) in [4.78, 5) is 4.25. The Morgan fingerprint density at radius 3 is 2.73 bits per heavy atom. The summed E-state index contributed by atoms with van der Waals surface area (Å²) in [6.07, 6.45) is 0. The molecule has 0 atom stereocenters. The summed E-state index contributed by atoms with van der Waals surface area (Å²) in [6, 6.07) is 4.03. The number of hydrogen-bond donors (Lipinski definition) is 2. The Balaban J connectivity index is 0.00000196. The number of nitriles is 1. The van der Waals surface area contributed by atoms with Crippen molar-refractivity contribution in [2.75, 3.05) is 18.4 Å². The molecule has 1 aromatic rings. The first kappa shape index (κ1) is 13.7. The van der Waals surface area contributed by atoms with Gasteiger partial charge in [-0.15, -0.1) is 12.4 Å². The highest BCUT2D eigenvalue weighted by Gasteiger charge is 2.06. The lowest BCUT2D eigenvalue weighted by Gasteiger charge is -2.08. The zero-order valence-corrected chi connectivity index (χ0v) is 9.69. The smallest absolute Gasteiger partial charge is 0.144 e. The van der Waals surface area contributed by atoms with Crippen molar-refractivity contribution in [2.45, 2.75) is 13.8 Å². The number of anilines is 1. The highest BCUT2D eigenvalue weighted by molar-refractivity contribution is 5.85. The molecular weight excluding hydrogens is 212 g/mol. The summed E-state index contributed by atoms with van der Waals surface area (Å²) in [6.45, 7) is 4.97. The van der Waals surface area contributed by atoms with Crippen LogP contribution in [0.15, 0.2) is 6.07 Å². The van der Waals surface area contributed by atoms with E-state index in [9.17, 15) is 0 Å². The van der Waals surface area contributed by atoms with E-state index in [1.54, 1.807) is 0 Å². The second kappa shape index (κ2) is 6.23. The minimum absolute atomic E-state index is 0. The van der Waals surface area contributed by atoms with Gasteiger partial charge in [0.05, 0.1) is 5.56 Å². The molecule has 15 heavy (non-hydrogen) atoms. The van der Waals surface area contributed by atoms with E-state index in [-0.39, 0.29) is 12.4 Å². The largest absolute Gasteiger partial charge is 0.368 e. The lowest BCUT2D eigenvalue weighted by atomic mass is 10.1. The maximum absolute atomic E-state index is 8.93. The third kappa shape index (κ3) is 3.39. The van der Waals surface area contributed by atoms with Gasteiger partial charge in [-0.3, -0.25) is 0 Å². The predicted molar refractivity (Wildman–Crippen MR) is 63.2 cm³/mol. The Hall–Kier alpha value is -1.31. The van der Waals surface area contributed by atoms with E-state index in [4.69, 9.17) is 11.0 Å². The van der Waals surface area contributed by atoms with Gasteiger partial charge < -0.3 is 11.1 Å². The van der Waals surface area contributed by atoms with Crippen molar-refractivity contribution in [3.05, 3.63) is 22.9 Å². The fourth-order valence-electron chi connectivity index (χ4n) is 1.30. The molecule has 0 radical (unpaired) electrons. The monoisotopic (exact) mass is 226 g/mol. The van der Waals surface area contributed by atoms with Crippen molar-refractivity contribution in [1.29, 1.82) is 5.26 Å². The molecule has 1 heterocycles. The molecule has 0 fully saturated rings. The van der Waals surface area contributed by atoms with Gasteiger partial charge in [-0.1, -0.05) is 0 Å². The summed E-state index contributed by atoms with van der Waals surface area (Å²) >= 11 is 0. The second-order valence-corrected chi connectivity index (χ2v) is 3.13. The number of aryl methyl sites for hydroxylation is 2. The normalized spacial score (nSPS) is 8.93. The van der Waals surface area contributed by atoms with Crippen LogP contribution in [0, 0.1) is 25.2 Å². The van der Waals surface area contributed by atoms with Crippen molar-refractivity contribution in [3.8, 4) is 6.07 Å². The zero-order valence-electron chi connectivity index (χ0n) is 8.87. The molecule has 0 aliphatic rings. The topological polar surface area (TPSA) is 74.7 Å². The molecule has 0 saturated carbocycles. The number of nitrogens with one attached hydrogen (secondary N) is 1. The van der Waals surface area contributed by atoms with Gasteiger partial charge in [0.1, 0.15) is 11.9 Å². The summed E-state index contributed by atoms with van der Waals surface area (Å²) in [5, 5.41) is 12.0. The van der Waals surface area contributed by atoms with Crippen molar-refractivity contribution in [1.82, 2.24) is 4.98 Å². The molecule has 0 aliphatic heterocycles. The first-order valence-electron chi connectivity index (χ1n) is 4.51. The standard InChI is InChI=1S/C10H14N4.ClH/c1-7-5-8(2)14-10(9(7)6-12)13-4-3-11;/h5H,3-4,11H2,1-2H3,(H,13,14);1H. The first-order valence-corrected chi connectivity index (χ1v) is 4.51. The summed E-state index contributed by atoms with van der Waals surface area (Å²) < 4.78 is 0. The lowest BCUT2D eigenvalue weighted by molar-refractivity contribution is 1.00. The van der Waals surface area contributed by atoms with Crippen LogP contribution in [0.1, 0.15) is 16.8 Å². The van der Waals surface area contributed by atoms with Gasteiger partial charge in [-0.05, 0) is 25.5 Å². The van der Waals surface area contributed by atoms with Gasteiger partial charge in [0.25, 0.3) is 0 Å². The van der Waals surface area contributed by atoms with Gasteiger partial charge >= 0.3 is 0 Å². The summed E-state index contributed by atoms with van der Waals surface area (Å²) in [5.41, 5.74) is 7.82. The van der Waals surface area contributed by atoms with E-state index in [0.717, 1.165) is 11.3 Å². The predicted octanol–water partition coefficient (Wildman–Crippen LogP) is 1.36. The van der Waals surface area contributed by atoms with Gasteiger partial charge in [0.2, 0.25) is 0 Å². The Bertz CT molecular complexity index is 370. The van der Waals surface area contributed by atoms with Gasteiger partial charge in [0.15, 0.2) is 0 Å². The maximum Gasteiger partial charge on any atom is 0.144 e. The second-order valence-electron chi connectivity index (χ2n) is 3.13. The number of nitrogens with two attached hydrogens (primary N) is 1. The molecule has 0 aliphatic carbocycles. The molecule has 0 unspecified atom stereocenters. The van der Waals surface area contributed by atoms with Crippen LogP contribution in [0.3, 0.4) is 0 Å². The number of rotatable bonds is 3. The van der Waals surface area contributed by atoms with Crippen molar-refractivity contribution >= 4 is 18.2 Å². The first-order chi connectivity index (χ1) is 6.69. The number of hydrogen-bond acceptors (Lipinski definition) is 4. The van der Waals surface area contributed by atoms with Crippen molar-refractivity contribution in [3.63, 3.8) is 0 Å². The molecule has 0 spiro atoms. The fourth-order valence-corrected chi connectivity index (χ4v) is 1.30. The van der Waals surface area contributed by atoms with Crippen LogP contribution in [0.2, 0.25) is 0 Å². The van der Waals surface area contributed by atoms with Gasteiger partial charge in [-0.25, -0.2) is 4.98 Å². The van der Waals surface area contributed by atoms with Crippen LogP contribution < -0.4 is 11.1 Å². The highest BCUT2D eigenvalue weighted by atomic mass is 35.5. The molecule has 0 amide bonds. The van der Waals surface area contributed by atoms with E-state index in [1.165, 1.54) is 0 Å². The fraction of sp³-hybridized carbons (Fsp3) is 0.400. The molecular formula is C10H15ClN4. The van der Waals surface area contributed by atoms with Crippen LogP contribution in [0.5, 0.6) is 0 Å². The molecule has 5 heteroatoms.